The van der Waals surface area contributed by atoms with Gasteiger partial charge in [0.25, 0.3) is 17.7 Å². The van der Waals surface area contributed by atoms with Crippen molar-refractivity contribution in [2.75, 3.05) is 26.3 Å². The lowest BCUT2D eigenvalue weighted by Crippen LogP contribution is -2.48. The second-order valence-corrected chi connectivity index (χ2v) is 7.84. The van der Waals surface area contributed by atoms with Crippen LogP contribution in [-0.4, -0.2) is 78.0 Å². The van der Waals surface area contributed by atoms with Crippen molar-refractivity contribution in [3.63, 3.8) is 0 Å². The van der Waals surface area contributed by atoms with Gasteiger partial charge in [0.15, 0.2) is 6.61 Å². The fourth-order valence-electron chi connectivity index (χ4n) is 3.78. The predicted octanol–water partition coefficient (Wildman–Crippen LogP) is 1.26. The number of fused-ring (bicyclic) bond motifs is 1. The zero-order chi connectivity index (χ0) is 23.4. The van der Waals surface area contributed by atoms with E-state index in [1.54, 1.807) is 36.9 Å². The maximum absolute atomic E-state index is 12.6. The minimum absolute atomic E-state index is 0.149. The first kappa shape index (κ1) is 23.2. The number of aryl methyl sites for hydroxylation is 1. The molecule has 1 aromatic rings. The van der Waals surface area contributed by atoms with Crippen LogP contribution in [0.4, 0.5) is 4.79 Å². The summed E-state index contributed by atoms with van der Waals surface area (Å²) in [6, 6.07) is 3.57. The van der Waals surface area contributed by atoms with E-state index in [2.05, 4.69) is 5.32 Å². The van der Waals surface area contributed by atoms with Crippen LogP contribution in [0, 0.1) is 6.92 Å². The number of hydrogen-bond donors (Lipinski definition) is 1. The van der Waals surface area contributed by atoms with Gasteiger partial charge in [0, 0.05) is 19.1 Å². The molecule has 0 spiro atoms. The minimum atomic E-state index is -1.16. The topological polar surface area (TPSA) is 122 Å². The van der Waals surface area contributed by atoms with Crippen LogP contribution in [0.5, 0.6) is 0 Å². The molecule has 32 heavy (non-hydrogen) atoms. The van der Waals surface area contributed by atoms with Crippen molar-refractivity contribution in [3.8, 4) is 0 Å². The van der Waals surface area contributed by atoms with E-state index in [0.29, 0.717) is 32.5 Å². The average molecular weight is 445 g/mol. The number of benzene rings is 1. The van der Waals surface area contributed by atoms with Gasteiger partial charge in [0.05, 0.1) is 17.7 Å². The zero-order valence-electron chi connectivity index (χ0n) is 18.4. The average Bonchev–Trinajstić information content (AvgIpc) is 3.01. The van der Waals surface area contributed by atoms with Crippen molar-refractivity contribution < 1.29 is 33.4 Å². The molecule has 0 aliphatic carbocycles. The molecule has 1 fully saturated rings. The highest BCUT2D eigenvalue weighted by atomic mass is 16.6. The van der Waals surface area contributed by atoms with Gasteiger partial charge >= 0.3 is 12.1 Å². The number of rotatable bonds is 6. The SMILES string of the molecule is CCOC(=O)N1CCC(NC(=O)COC(=O)C(C)N2C(=O)c3ccc(C)cc3C2=O)CC1. The number of esters is 1. The molecule has 2 aliphatic heterocycles. The van der Waals surface area contributed by atoms with Gasteiger partial charge in [-0.3, -0.25) is 19.3 Å². The molecule has 0 bridgehead atoms. The molecule has 10 nitrogen and oxygen atoms in total. The van der Waals surface area contributed by atoms with E-state index < -0.39 is 36.3 Å². The Labute approximate surface area is 185 Å². The van der Waals surface area contributed by atoms with Crippen LogP contribution in [0.15, 0.2) is 18.2 Å². The number of piperidine rings is 1. The highest BCUT2D eigenvalue weighted by Crippen LogP contribution is 2.26. The molecule has 2 heterocycles. The van der Waals surface area contributed by atoms with E-state index >= 15 is 0 Å². The number of hydrogen-bond acceptors (Lipinski definition) is 7. The Morgan fingerprint density at radius 1 is 1.09 bits per heavy atom. The Morgan fingerprint density at radius 2 is 1.75 bits per heavy atom. The lowest BCUT2D eigenvalue weighted by atomic mass is 10.1. The normalized spacial score (nSPS) is 17.1. The van der Waals surface area contributed by atoms with E-state index in [1.807, 2.05) is 0 Å². The summed E-state index contributed by atoms with van der Waals surface area (Å²) in [6.07, 6.45) is 0.746. The van der Waals surface area contributed by atoms with Crippen LogP contribution in [0.25, 0.3) is 0 Å². The van der Waals surface area contributed by atoms with Gasteiger partial charge in [-0.15, -0.1) is 0 Å². The minimum Gasteiger partial charge on any atom is -0.454 e. The fourth-order valence-corrected chi connectivity index (χ4v) is 3.78. The summed E-state index contributed by atoms with van der Waals surface area (Å²) >= 11 is 0. The van der Waals surface area contributed by atoms with Gasteiger partial charge in [-0.05, 0) is 45.7 Å². The Balaban J connectivity index is 1.47. The lowest BCUT2D eigenvalue weighted by Gasteiger charge is -2.31. The third kappa shape index (κ3) is 4.90. The zero-order valence-corrected chi connectivity index (χ0v) is 18.4. The van der Waals surface area contributed by atoms with Crippen LogP contribution in [0.2, 0.25) is 0 Å². The summed E-state index contributed by atoms with van der Waals surface area (Å²) in [5.41, 5.74) is 1.32. The maximum atomic E-state index is 12.6. The van der Waals surface area contributed by atoms with Gasteiger partial charge in [0.1, 0.15) is 6.04 Å². The molecule has 3 rings (SSSR count). The highest BCUT2D eigenvalue weighted by Gasteiger charge is 2.41. The molecule has 0 radical (unpaired) electrons. The van der Waals surface area contributed by atoms with Crippen molar-refractivity contribution in [1.29, 1.82) is 0 Å². The van der Waals surface area contributed by atoms with Gasteiger partial charge in [-0.2, -0.15) is 0 Å². The Morgan fingerprint density at radius 3 is 2.41 bits per heavy atom. The maximum Gasteiger partial charge on any atom is 0.409 e. The van der Waals surface area contributed by atoms with E-state index in [9.17, 15) is 24.0 Å². The third-order valence-electron chi connectivity index (χ3n) is 5.53. The van der Waals surface area contributed by atoms with Gasteiger partial charge in [-0.25, -0.2) is 9.59 Å². The summed E-state index contributed by atoms with van der Waals surface area (Å²) < 4.78 is 10.0. The molecule has 172 valence electrons. The van der Waals surface area contributed by atoms with Crippen molar-refractivity contribution in [2.24, 2.45) is 0 Å². The third-order valence-corrected chi connectivity index (χ3v) is 5.53. The summed E-state index contributed by atoms with van der Waals surface area (Å²) in [7, 11) is 0. The summed E-state index contributed by atoms with van der Waals surface area (Å²) in [4.78, 5) is 63.9. The standard InChI is InChI=1S/C22H27N3O7/c1-4-31-22(30)24-9-7-15(8-10-24)23-18(26)12-32-21(29)14(3)25-19(27)16-6-5-13(2)11-17(16)20(25)28/h5-6,11,14-15H,4,7-10,12H2,1-3H3,(H,23,26). The van der Waals surface area contributed by atoms with E-state index in [-0.39, 0.29) is 23.3 Å². The molecule has 1 unspecified atom stereocenters. The number of carbonyl (C=O) groups is 5. The Kier molecular flexibility index (Phi) is 7.12. The van der Waals surface area contributed by atoms with Crippen molar-refractivity contribution in [1.82, 2.24) is 15.1 Å². The van der Waals surface area contributed by atoms with Crippen molar-refractivity contribution in [3.05, 3.63) is 34.9 Å². The van der Waals surface area contributed by atoms with Crippen molar-refractivity contribution >= 4 is 29.8 Å². The van der Waals surface area contributed by atoms with E-state index in [0.717, 1.165) is 10.5 Å². The number of nitrogens with zero attached hydrogens (tertiary/aromatic N) is 2. The second kappa shape index (κ2) is 9.80. The van der Waals surface area contributed by atoms with Crippen LogP contribution in [-0.2, 0) is 19.1 Å². The smallest absolute Gasteiger partial charge is 0.409 e. The van der Waals surface area contributed by atoms with Crippen LogP contribution in [0.3, 0.4) is 0 Å². The lowest BCUT2D eigenvalue weighted by molar-refractivity contribution is -0.152. The van der Waals surface area contributed by atoms with E-state index in [1.165, 1.54) is 6.92 Å². The number of nitrogens with one attached hydrogen (secondary N) is 1. The Hall–Kier alpha value is -3.43. The molecular formula is C22H27N3O7. The quantitative estimate of drug-likeness (QED) is 0.517. The number of imide groups is 1. The number of likely N-dealkylation sites (tertiary alicyclic amines) is 1. The first-order valence-electron chi connectivity index (χ1n) is 10.6. The summed E-state index contributed by atoms with van der Waals surface area (Å²) in [5.74, 6) is -2.45. The molecule has 0 saturated carbocycles. The van der Waals surface area contributed by atoms with Gasteiger partial charge < -0.3 is 19.7 Å². The molecule has 0 aromatic heterocycles. The molecule has 2 aliphatic rings. The number of amides is 4. The second-order valence-electron chi connectivity index (χ2n) is 7.84. The molecule has 1 saturated heterocycles. The fraction of sp³-hybridized carbons (Fsp3) is 0.500. The highest BCUT2D eigenvalue weighted by molar-refractivity contribution is 6.22. The predicted molar refractivity (Wildman–Crippen MR) is 112 cm³/mol. The molecular weight excluding hydrogens is 418 g/mol. The summed E-state index contributed by atoms with van der Waals surface area (Å²) in [6.45, 7) is 5.63. The van der Waals surface area contributed by atoms with Crippen LogP contribution < -0.4 is 5.32 Å². The molecule has 4 amide bonds. The number of carbonyl (C=O) groups excluding carboxylic acids is 5. The molecule has 1 atom stereocenters. The van der Waals surface area contributed by atoms with Gasteiger partial charge in [-0.1, -0.05) is 11.6 Å². The number of ether oxygens (including phenoxy) is 2. The molecule has 1 N–H and O–H groups in total. The first-order chi connectivity index (χ1) is 15.2. The summed E-state index contributed by atoms with van der Waals surface area (Å²) in [5, 5.41) is 2.77. The van der Waals surface area contributed by atoms with Crippen molar-refractivity contribution in [2.45, 2.75) is 45.7 Å². The molecule has 10 heteroatoms. The van der Waals surface area contributed by atoms with E-state index in [4.69, 9.17) is 9.47 Å². The molecule has 1 aromatic carbocycles. The van der Waals surface area contributed by atoms with Crippen LogP contribution >= 0.6 is 0 Å². The van der Waals surface area contributed by atoms with Crippen LogP contribution in [0.1, 0.15) is 53.0 Å². The largest absolute Gasteiger partial charge is 0.454 e. The van der Waals surface area contributed by atoms with Gasteiger partial charge in [0.2, 0.25) is 0 Å². The monoisotopic (exact) mass is 445 g/mol. The first-order valence-corrected chi connectivity index (χ1v) is 10.6. The Bertz CT molecular complexity index is 937.